The second kappa shape index (κ2) is 9.82. The summed E-state index contributed by atoms with van der Waals surface area (Å²) in [5, 5.41) is 0. The fourth-order valence-electron chi connectivity index (χ4n) is 3.11. The van der Waals surface area contributed by atoms with Crippen molar-refractivity contribution in [2.24, 2.45) is 5.92 Å². The first kappa shape index (κ1) is 21.2. The molecule has 2 aromatic carbocycles. The molecule has 3 rings (SSSR count). The van der Waals surface area contributed by atoms with E-state index in [2.05, 4.69) is 4.98 Å². The van der Waals surface area contributed by atoms with Gasteiger partial charge >= 0.3 is 5.97 Å². The Balaban J connectivity index is 1.84. The fraction of sp³-hybridized carbons (Fsp3) is 0.261. The van der Waals surface area contributed by atoms with E-state index in [0.717, 1.165) is 0 Å². The van der Waals surface area contributed by atoms with Crippen molar-refractivity contribution < 1.29 is 23.1 Å². The van der Waals surface area contributed by atoms with Gasteiger partial charge in [0.2, 0.25) is 11.8 Å². The van der Waals surface area contributed by atoms with Crippen molar-refractivity contribution >= 4 is 17.6 Å². The van der Waals surface area contributed by atoms with Gasteiger partial charge in [0.05, 0.1) is 12.3 Å². The van der Waals surface area contributed by atoms with E-state index in [1.165, 1.54) is 18.4 Å². The van der Waals surface area contributed by atoms with Crippen molar-refractivity contribution in [3.8, 4) is 11.5 Å². The number of hydrogen-bond donors (Lipinski definition) is 0. The molecule has 0 aliphatic heterocycles. The molecule has 1 atom stereocenters. The summed E-state index contributed by atoms with van der Waals surface area (Å²) >= 11 is 0. The Morgan fingerprint density at radius 1 is 1.10 bits per heavy atom. The van der Waals surface area contributed by atoms with Gasteiger partial charge in [-0.2, -0.15) is 0 Å². The zero-order valence-corrected chi connectivity index (χ0v) is 16.9. The van der Waals surface area contributed by atoms with Gasteiger partial charge < -0.3 is 14.1 Å². The molecule has 0 fully saturated rings. The maximum Gasteiger partial charge on any atom is 0.318 e. The average molecular weight is 410 g/mol. The Bertz CT molecular complexity index is 986. The molecule has 0 N–H and O–H groups in total. The molecule has 0 saturated carbocycles. The average Bonchev–Trinajstić information content (AvgIpc) is 3.22. The van der Waals surface area contributed by atoms with Crippen molar-refractivity contribution in [2.75, 3.05) is 18.1 Å². The summed E-state index contributed by atoms with van der Waals surface area (Å²) in [5.74, 6) is -2.11. The number of amides is 1. The monoisotopic (exact) mass is 410 g/mol. The minimum atomic E-state index is -1.06. The number of nitrogens with zero attached hydrogens (tertiary/aromatic N) is 2. The molecular weight excluding hydrogens is 387 g/mol. The maximum atomic E-state index is 13.2. The third-order valence-electron chi connectivity index (χ3n) is 4.58. The third-order valence-corrected chi connectivity index (χ3v) is 4.58. The Labute approximate surface area is 174 Å². The number of hydrogen-bond acceptors (Lipinski definition) is 5. The van der Waals surface area contributed by atoms with E-state index in [-0.39, 0.29) is 30.6 Å². The zero-order chi connectivity index (χ0) is 21.5. The van der Waals surface area contributed by atoms with Crippen molar-refractivity contribution in [3.63, 3.8) is 0 Å². The number of esters is 1. The molecule has 0 bridgehead atoms. The maximum absolute atomic E-state index is 13.2. The van der Waals surface area contributed by atoms with Crippen molar-refractivity contribution in [2.45, 2.75) is 20.3 Å². The first-order valence-corrected chi connectivity index (χ1v) is 9.76. The number of halogens is 1. The van der Waals surface area contributed by atoms with Crippen LogP contribution in [-0.4, -0.2) is 30.0 Å². The molecule has 7 heteroatoms. The van der Waals surface area contributed by atoms with E-state index in [0.29, 0.717) is 23.5 Å². The lowest BCUT2D eigenvalue weighted by molar-refractivity contribution is -0.151. The summed E-state index contributed by atoms with van der Waals surface area (Å²) < 4.78 is 23.8. The van der Waals surface area contributed by atoms with Gasteiger partial charge in [0.15, 0.2) is 0 Å². The normalized spacial score (nSPS) is 11.7. The molecule has 0 spiro atoms. The highest BCUT2D eigenvalue weighted by Gasteiger charge is 2.33. The van der Waals surface area contributed by atoms with Crippen LogP contribution in [0.15, 0.2) is 65.3 Å². The number of oxazole rings is 1. The SMILES string of the molecule is CCOC(=O)C(Cc1coc(-c2ccc(F)cc2)n1)C(=O)N(CC)c1ccccc1. The van der Waals surface area contributed by atoms with Gasteiger partial charge in [-0.15, -0.1) is 0 Å². The minimum absolute atomic E-state index is 0.0334. The van der Waals surface area contributed by atoms with Gasteiger partial charge in [-0.1, -0.05) is 18.2 Å². The van der Waals surface area contributed by atoms with Crippen LogP contribution in [0.1, 0.15) is 19.5 Å². The molecule has 1 heterocycles. The number of anilines is 1. The number of carbonyl (C=O) groups excluding carboxylic acids is 2. The summed E-state index contributed by atoms with van der Waals surface area (Å²) in [6, 6.07) is 14.9. The van der Waals surface area contributed by atoms with Crippen LogP contribution in [0, 0.1) is 11.7 Å². The summed E-state index contributed by atoms with van der Waals surface area (Å²) in [4.78, 5) is 31.7. The van der Waals surface area contributed by atoms with Gasteiger partial charge in [0, 0.05) is 24.2 Å². The Morgan fingerprint density at radius 3 is 2.43 bits per heavy atom. The van der Waals surface area contributed by atoms with Gasteiger partial charge in [-0.25, -0.2) is 9.37 Å². The lowest BCUT2D eigenvalue weighted by Crippen LogP contribution is -2.41. The lowest BCUT2D eigenvalue weighted by atomic mass is 10.0. The van der Waals surface area contributed by atoms with E-state index in [1.807, 2.05) is 37.3 Å². The van der Waals surface area contributed by atoms with E-state index < -0.39 is 11.9 Å². The van der Waals surface area contributed by atoms with E-state index in [9.17, 15) is 14.0 Å². The zero-order valence-electron chi connectivity index (χ0n) is 16.9. The molecule has 0 aliphatic rings. The van der Waals surface area contributed by atoms with E-state index in [4.69, 9.17) is 9.15 Å². The third kappa shape index (κ3) is 4.92. The van der Waals surface area contributed by atoms with Crippen LogP contribution < -0.4 is 4.90 Å². The highest BCUT2D eigenvalue weighted by molar-refractivity contribution is 6.06. The second-order valence-electron chi connectivity index (χ2n) is 6.58. The highest BCUT2D eigenvalue weighted by atomic mass is 19.1. The number of rotatable bonds is 8. The van der Waals surface area contributed by atoms with Crippen LogP contribution in [0.25, 0.3) is 11.5 Å². The van der Waals surface area contributed by atoms with E-state index in [1.54, 1.807) is 24.0 Å². The first-order valence-electron chi connectivity index (χ1n) is 9.76. The molecule has 30 heavy (non-hydrogen) atoms. The van der Waals surface area contributed by atoms with Crippen molar-refractivity contribution in [1.29, 1.82) is 0 Å². The van der Waals surface area contributed by atoms with Gasteiger partial charge in [-0.05, 0) is 50.2 Å². The smallest absolute Gasteiger partial charge is 0.318 e. The molecule has 0 aliphatic carbocycles. The summed E-state index contributed by atoms with van der Waals surface area (Å²) in [5.41, 5.74) is 1.73. The summed E-state index contributed by atoms with van der Waals surface area (Å²) in [6.45, 7) is 4.10. The molecule has 1 unspecified atom stereocenters. The highest BCUT2D eigenvalue weighted by Crippen LogP contribution is 2.23. The Kier molecular flexibility index (Phi) is 6.95. The fourth-order valence-corrected chi connectivity index (χ4v) is 3.11. The van der Waals surface area contributed by atoms with Crippen LogP contribution >= 0.6 is 0 Å². The molecule has 0 saturated heterocycles. The van der Waals surface area contributed by atoms with E-state index >= 15 is 0 Å². The molecule has 1 amide bonds. The van der Waals surface area contributed by atoms with Crippen LogP contribution in [0.3, 0.4) is 0 Å². The molecule has 3 aromatic rings. The Morgan fingerprint density at radius 2 is 1.80 bits per heavy atom. The molecule has 156 valence electrons. The number of benzene rings is 2. The summed E-state index contributed by atoms with van der Waals surface area (Å²) in [6.07, 6.45) is 1.43. The van der Waals surface area contributed by atoms with Crippen LogP contribution in [0.4, 0.5) is 10.1 Å². The molecular formula is C23H23FN2O4. The largest absolute Gasteiger partial charge is 0.465 e. The number of aromatic nitrogens is 1. The second-order valence-corrected chi connectivity index (χ2v) is 6.58. The first-order chi connectivity index (χ1) is 14.5. The van der Waals surface area contributed by atoms with Gasteiger partial charge in [0.25, 0.3) is 0 Å². The number of ether oxygens (including phenoxy) is 1. The topological polar surface area (TPSA) is 72.6 Å². The standard InChI is InChI=1S/C23H23FN2O4/c1-3-26(19-8-6-5-7-9-19)22(27)20(23(28)29-4-2)14-18-15-30-21(25-18)16-10-12-17(24)13-11-16/h5-13,15,20H,3-4,14H2,1-2H3. The van der Waals surface area contributed by atoms with Crippen molar-refractivity contribution in [1.82, 2.24) is 4.98 Å². The minimum Gasteiger partial charge on any atom is -0.465 e. The lowest BCUT2D eigenvalue weighted by Gasteiger charge is -2.25. The number of carbonyl (C=O) groups is 2. The van der Waals surface area contributed by atoms with Crippen LogP contribution in [0.5, 0.6) is 0 Å². The van der Waals surface area contributed by atoms with Gasteiger partial charge in [0.1, 0.15) is 18.0 Å². The number of para-hydroxylation sites is 1. The summed E-state index contributed by atoms with van der Waals surface area (Å²) in [7, 11) is 0. The van der Waals surface area contributed by atoms with Crippen molar-refractivity contribution in [3.05, 3.63) is 72.4 Å². The molecule has 6 nitrogen and oxygen atoms in total. The Hall–Kier alpha value is -3.48. The predicted molar refractivity (Wildman–Crippen MR) is 110 cm³/mol. The predicted octanol–water partition coefficient (Wildman–Crippen LogP) is 4.26. The quantitative estimate of drug-likeness (QED) is 0.410. The van der Waals surface area contributed by atoms with Crippen LogP contribution in [0.2, 0.25) is 0 Å². The van der Waals surface area contributed by atoms with Gasteiger partial charge in [-0.3, -0.25) is 9.59 Å². The molecule has 1 aromatic heterocycles. The van der Waals surface area contributed by atoms with Crippen LogP contribution in [-0.2, 0) is 20.7 Å². The molecule has 0 radical (unpaired) electrons.